The molecular weight excluding hydrogens is 464 g/mol. The van der Waals surface area contributed by atoms with Crippen LogP contribution in [0.1, 0.15) is 53.4 Å². The molecule has 170 valence electrons. The van der Waals surface area contributed by atoms with E-state index in [0.717, 1.165) is 18.4 Å². The van der Waals surface area contributed by atoms with E-state index in [1.54, 1.807) is 12.2 Å². The molecule has 2 N–H and O–H groups in total. The van der Waals surface area contributed by atoms with Gasteiger partial charge in [0.1, 0.15) is 5.60 Å². The summed E-state index contributed by atoms with van der Waals surface area (Å²) < 4.78 is 4.24. The van der Waals surface area contributed by atoms with Gasteiger partial charge in [-0.15, -0.1) is 0 Å². The van der Waals surface area contributed by atoms with E-state index in [-0.39, 0.29) is 30.0 Å². The smallest absolute Gasteiger partial charge is 0.303 e. The summed E-state index contributed by atoms with van der Waals surface area (Å²) in [5, 5.41) is 23.3. The monoisotopic (exact) mass is 494 g/mol. The van der Waals surface area contributed by atoms with Crippen molar-refractivity contribution in [3.63, 3.8) is 0 Å². The second-order valence-electron chi connectivity index (χ2n) is 10.4. The van der Waals surface area contributed by atoms with Gasteiger partial charge in [0.2, 0.25) is 5.78 Å². The molecule has 3 saturated carbocycles. The minimum Gasteiger partial charge on any atom is -0.458 e. The van der Waals surface area contributed by atoms with E-state index in [1.165, 1.54) is 6.92 Å². The van der Waals surface area contributed by atoms with Crippen LogP contribution in [0.4, 0.5) is 0 Å². The quantitative estimate of drug-likeness (QED) is 0.462. The average molecular weight is 495 g/mol. The van der Waals surface area contributed by atoms with Crippen molar-refractivity contribution in [3.8, 4) is 0 Å². The first-order valence-corrected chi connectivity index (χ1v) is 11.8. The largest absolute Gasteiger partial charge is 0.458 e. The van der Waals surface area contributed by atoms with Crippen molar-refractivity contribution in [2.75, 3.05) is 6.61 Å². The van der Waals surface area contributed by atoms with E-state index in [1.807, 2.05) is 19.9 Å². The van der Waals surface area contributed by atoms with Crippen LogP contribution in [0.2, 0.25) is 0 Å². The lowest BCUT2D eigenvalue weighted by Gasteiger charge is -2.64. The van der Waals surface area contributed by atoms with Crippen LogP contribution >= 0.6 is 15.9 Å². The van der Waals surface area contributed by atoms with E-state index in [4.69, 9.17) is 4.74 Å². The molecule has 0 bridgehead atoms. The molecule has 4 aliphatic rings. The van der Waals surface area contributed by atoms with Gasteiger partial charge in [0.25, 0.3) is 0 Å². The number of hydrogen-bond donors (Lipinski definition) is 2. The van der Waals surface area contributed by atoms with Crippen molar-refractivity contribution >= 4 is 33.5 Å². The van der Waals surface area contributed by atoms with Crippen LogP contribution in [-0.4, -0.2) is 50.4 Å². The molecule has 0 aliphatic heterocycles. The number of aliphatic hydroxyl groups excluding tert-OH is 1. The molecule has 7 heteroatoms. The predicted molar refractivity (Wildman–Crippen MR) is 117 cm³/mol. The number of halogens is 1. The summed E-state index contributed by atoms with van der Waals surface area (Å²) >= 11 is 3.97. The fraction of sp³-hybridized carbons (Fsp3) is 0.708. The minimum absolute atomic E-state index is 0.000692. The van der Waals surface area contributed by atoms with Crippen molar-refractivity contribution < 1.29 is 29.3 Å². The maximum absolute atomic E-state index is 13.1. The van der Waals surface area contributed by atoms with Gasteiger partial charge in [0.05, 0.1) is 10.4 Å². The zero-order valence-corrected chi connectivity index (χ0v) is 20.1. The van der Waals surface area contributed by atoms with Gasteiger partial charge in [0.15, 0.2) is 12.4 Å². The number of allylic oxidation sites excluding steroid dienone is 4. The van der Waals surface area contributed by atoms with Gasteiger partial charge in [-0.3, -0.25) is 14.4 Å². The molecule has 0 aromatic rings. The van der Waals surface area contributed by atoms with E-state index in [9.17, 15) is 24.6 Å². The number of rotatable bonds is 3. The third kappa shape index (κ3) is 2.78. The van der Waals surface area contributed by atoms with Gasteiger partial charge < -0.3 is 14.9 Å². The highest BCUT2D eigenvalue weighted by atomic mass is 79.9. The number of ketones is 2. The average Bonchev–Trinajstić information content (AvgIpc) is 2.89. The molecule has 31 heavy (non-hydrogen) atoms. The topological polar surface area (TPSA) is 101 Å². The van der Waals surface area contributed by atoms with Crippen LogP contribution < -0.4 is 0 Å². The zero-order valence-electron chi connectivity index (χ0n) is 18.5. The molecule has 4 aliphatic carbocycles. The normalized spacial score (nSPS) is 48.4. The second kappa shape index (κ2) is 7.09. The van der Waals surface area contributed by atoms with Crippen LogP contribution in [0.15, 0.2) is 23.8 Å². The Hall–Kier alpha value is -1.31. The number of carbonyl (C=O) groups is 3. The lowest BCUT2D eigenvalue weighted by atomic mass is 9.46. The highest BCUT2D eigenvalue weighted by Crippen LogP contribution is 2.71. The SMILES string of the molecule is CC(=O)OCC(=O)[C@@]1(O)[C@H](C)C[C@H]2[C@@H]3CCC4=CC(=O)C=C[C@]4(C)[C@@]3(Br)[C@@H](O)C[C@@]21C. The van der Waals surface area contributed by atoms with Crippen LogP contribution in [0, 0.1) is 28.6 Å². The number of esters is 1. The van der Waals surface area contributed by atoms with Gasteiger partial charge in [-0.05, 0) is 55.6 Å². The van der Waals surface area contributed by atoms with Crippen LogP contribution in [0.25, 0.3) is 0 Å². The summed E-state index contributed by atoms with van der Waals surface area (Å²) in [6, 6.07) is 0. The zero-order chi connectivity index (χ0) is 23.0. The molecular formula is C24H31BrO6. The van der Waals surface area contributed by atoms with E-state index < -0.39 is 45.2 Å². The Morgan fingerprint density at radius 1 is 1.29 bits per heavy atom. The standard InChI is InChI=1S/C24H31BrO6/c1-13-9-18-17-6-5-15-10-16(27)7-8-21(15,3)23(17,25)19(28)11-22(18,4)24(13,30)20(29)12-31-14(2)26/h7-8,10,13,17-19,28,30H,5-6,9,11-12H2,1-4H3/t13-,17+,18+,19+,21+,22+,23+,24+/m1/s1. The maximum Gasteiger partial charge on any atom is 0.303 e. The van der Waals surface area contributed by atoms with Gasteiger partial charge in [-0.2, -0.15) is 0 Å². The molecule has 8 atom stereocenters. The summed E-state index contributed by atoms with van der Waals surface area (Å²) in [6.45, 7) is 6.60. The molecule has 0 aromatic carbocycles. The van der Waals surface area contributed by atoms with E-state index >= 15 is 0 Å². The van der Waals surface area contributed by atoms with Crippen LogP contribution in [-0.2, 0) is 19.1 Å². The fourth-order valence-corrected chi connectivity index (χ4v) is 8.51. The second-order valence-corrected chi connectivity index (χ2v) is 11.7. The number of ether oxygens (including phenoxy) is 1. The Morgan fingerprint density at radius 3 is 2.61 bits per heavy atom. The Kier molecular flexibility index (Phi) is 5.23. The molecule has 0 radical (unpaired) electrons. The number of alkyl halides is 1. The Bertz CT molecular complexity index is 910. The summed E-state index contributed by atoms with van der Waals surface area (Å²) in [4.78, 5) is 36.4. The van der Waals surface area contributed by atoms with Crippen molar-refractivity contribution in [3.05, 3.63) is 23.8 Å². The molecule has 0 spiro atoms. The fourth-order valence-electron chi connectivity index (χ4n) is 7.42. The minimum atomic E-state index is -1.68. The number of carbonyl (C=O) groups excluding carboxylic acids is 3. The lowest BCUT2D eigenvalue weighted by molar-refractivity contribution is -0.181. The van der Waals surface area contributed by atoms with E-state index in [0.29, 0.717) is 6.42 Å². The number of fused-ring (bicyclic) bond motifs is 5. The van der Waals surface area contributed by atoms with Crippen molar-refractivity contribution in [1.82, 2.24) is 0 Å². The third-order valence-electron chi connectivity index (χ3n) is 9.05. The predicted octanol–water partition coefficient (Wildman–Crippen LogP) is 2.89. The molecule has 3 fully saturated rings. The Balaban J connectivity index is 1.76. The molecule has 4 rings (SSSR count). The highest BCUT2D eigenvalue weighted by Gasteiger charge is 2.74. The molecule has 0 amide bonds. The van der Waals surface area contributed by atoms with Gasteiger partial charge in [-0.25, -0.2) is 0 Å². The first-order valence-electron chi connectivity index (χ1n) is 11.0. The third-order valence-corrected chi connectivity index (χ3v) is 11.0. The van der Waals surface area contributed by atoms with Crippen molar-refractivity contribution in [1.29, 1.82) is 0 Å². The first-order chi connectivity index (χ1) is 14.3. The van der Waals surface area contributed by atoms with Crippen LogP contribution in [0.3, 0.4) is 0 Å². The molecule has 0 saturated heterocycles. The van der Waals surface area contributed by atoms with Gasteiger partial charge in [0, 0.05) is 17.8 Å². The Morgan fingerprint density at radius 2 is 1.97 bits per heavy atom. The molecule has 0 aromatic heterocycles. The summed E-state index contributed by atoms with van der Waals surface area (Å²) in [5.74, 6) is -1.44. The molecule has 0 unspecified atom stereocenters. The maximum atomic E-state index is 13.1. The van der Waals surface area contributed by atoms with Gasteiger partial charge >= 0.3 is 5.97 Å². The van der Waals surface area contributed by atoms with Crippen molar-refractivity contribution in [2.45, 2.75) is 69.4 Å². The number of aliphatic hydroxyl groups is 2. The molecule has 0 heterocycles. The van der Waals surface area contributed by atoms with Gasteiger partial charge in [-0.1, -0.05) is 48.4 Å². The first kappa shape index (κ1) is 22.9. The van der Waals surface area contributed by atoms with E-state index in [2.05, 4.69) is 22.9 Å². The molecule has 6 nitrogen and oxygen atoms in total. The van der Waals surface area contributed by atoms with Crippen molar-refractivity contribution in [2.24, 2.45) is 28.6 Å². The number of hydrogen-bond acceptors (Lipinski definition) is 6. The number of Topliss-reactive ketones (excluding diaryl/α,β-unsaturated/α-hetero) is 1. The van der Waals surface area contributed by atoms with Crippen LogP contribution in [0.5, 0.6) is 0 Å². The highest BCUT2D eigenvalue weighted by molar-refractivity contribution is 9.10. The summed E-state index contributed by atoms with van der Waals surface area (Å²) in [6.07, 6.45) is 6.70. The summed E-state index contributed by atoms with van der Waals surface area (Å²) in [5.41, 5.74) is -2.05. The lowest BCUT2D eigenvalue weighted by Crippen LogP contribution is -2.68. The summed E-state index contributed by atoms with van der Waals surface area (Å²) in [7, 11) is 0. The Labute approximate surface area is 191 Å².